The molecule has 34 heavy (non-hydrogen) atoms. The Morgan fingerprint density at radius 1 is 0.941 bits per heavy atom. The van der Waals surface area contributed by atoms with Crippen LogP contribution in [0.5, 0.6) is 5.75 Å². The molecule has 0 unspecified atom stereocenters. The number of hydrogen-bond acceptors (Lipinski definition) is 9. The lowest BCUT2D eigenvalue weighted by Gasteiger charge is -2.42. The molecule has 2 aliphatic heterocycles. The Labute approximate surface area is 198 Å². The molecule has 2 aromatic rings. The summed E-state index contributed by atoms with van der Waals surface area (Å²) in [5, 5.41) is 0. The minimum absolute atomic E-state index is 0.328. The van der Waals surface area contributed by atoms with E-state index in [-0.39, 0.29) is 0 Å². The molecule has 3 fully saturated rings. The molecule has 1 aliphatic carbocycles. The highest BCUT2D eigenvalue weighted by Gasteiger charge is 2.65. The number of imidazole rings is 1. The van der Waals surface area contributed by atoms with Crippen molar-refractivity contribution in [2.75, 3.05) is 7.11 Å². The van der Waals surface area contributed by atoms with Crippen LogP contribution in [0.2, 0.25) is 0 Å². The van der Waals surface area contributed by atoms with Crippen molar-refractivity contribution < 1.29 is 38.0 Å². The maximum absolute atomic E-state index is 12.8. The van der Waals surface area contributed by atoms with Crippen molar-refractivity contribution >= 4 is 6.09 Å². The molecule has 184 valence electrons. The monoisotopic (exact) mass is 474 g/mol. The van der Waals surface area contributed by atoms with Gasteiger partial charge in [-0.15, -0.1) is 0 Å². The molecule has 3 heterocycles. The highest BCUT2D eigenvalue weighted by Crippen LogP contribution is 2.46. The van der Waals surface area contributed by atoms with Crippen LogP contribution in [0.4, 0.5) is 4.79 Å². The summed E-state index contributed by atoms with van der Waals surface area (Å²) in [7, 11) is 1.63. The van der Waals surface area contributed by atoms with Crippen molar-refractivity contribution in [3.05, 3.63) is 48.5 Å². The van der Waals surface area contributed by atoms with Crippen LogP contribution in [0.1, 0.15) is 33.3 Å². The van der Waals surface area contributed by atoms with E-state index in [0.717, 1.165) is 11.3 Å². The molecular formula is C24H30N2O8. The fourth-order valence-electron chi connectivity index (χ4n) is 4.81. The molecule has 0 bridgehead atoms. The summed E-state index contributed by atoms with van der Waals surface area (Å²) in [6.45, 7) is 7.61. The normalized spacial score (nSPS) is 33.2. The fourth-order valence-corrected chi connectivity index (χ4v) is 4.81. The molecule has 5 rings (SSSR count). The second kappa shape index (κ2) is 8.62. The Hall–Kier alpha value is -2.50. The van der Waals surface area contributed by atoms with Gasteiger partial charge in [0.05, 0.1) is 13.7 Å². The third-order valence-electron chi connectivity index (χ3n) is 6.18. The highest BCUT2D eigenvalue weighted by molar-refractivity contribution is 5.70. The van der Waals surface area contributed by atoms with Crippen LogP contribution >= 0.6 is 0 Å². The van der Waals surface area contributed by atoms with Gasteiger partial charge in [-0.3, -0.25) is 0 Å². The van der Waals surface area contributed by atoms with Crippen molar-refractivity contribution in [1.29, 1.82) is 0 Å². The Morgan fingerprint density at radius 3 is 2.00 bits per heavy atom. The van der Waals surface area contributed by atoms with E-state index in [9.17, 15) is 4.79 Å². The summed E-state index contributed by atoms with van der Waals surface area (Å²) in [4.78, 5) is 16.7. The van der Waals surface area contributed by atoms with Crippen molar-refractivity contribution in [2.24, 2.45) is 0 Å². The molecule has 2 saturated heterocycles. The van der Waals surface area contributed by atoms with Gasteiger partial charge in [0.25, 0.3) is 0 Å². The summed E-state index contributed by atoms with van der Waals surface area (Å²) in [5.74, 6) is -1.02. The van der Waals surface area contributed by atoms with Gasteiger partial charge in [0.15, 0.2) is 17.7 Å². The summed E-state index contributed by atoms with van der Waals surface area (Å²) in [6, 6.07) is 7.65. The van der Waals surface area contributed by atoms with Crippen molar-refractivity contribution in [3.63, 3.8) is 0 Å². The van der Waals surface area contributed by atoms with Crippen LogP contribution in [0, 0.1) is 0 Å². The first-order valence-electron chi connectivity index (χ1n) is 11.3. The van der Waals surface area contributed by atoms with E-state index in [4.69, 9.17) is 33.2 Å². The maximum atomic E-state index is 12.8. The number of methoxy groups -OCH3 is 1. The van der Waals surface area contributed by atoms with E-state index < -0.39 is 54.3 Å². The predicted molar refractivity (Wildman–Crippen MR) is 117 cm³/mol. The molecule has 1 saturated carbocycles. The number of rotatable bonds is 5. The second-order valence-electron chi connectivity index (χ2n) is 9.57. The number of carbonyl (C=O) groups excluding carboxylic acids is 1. The van der Waals surface area contributed by atoms with Crippen LogP contribution in [0.15, 0.2) is 43.0 Å². The summed E-state index contributed by atoms with van der Waals surface area (Å²) in [5.41, 5.74) is 0.971. The first-order chi connectivity index (χ1) is 16.2. The molecular weight excluding hydrogens is 444 g/mol. The van der Waals surface area contributed by atoms with Gasteiger partial charge in [0.1, 0.15) is 42.6 Å². The second-order valence-corrected chi connectivity index (χ2v) is 9.57. The third-order valence-corrected chi connectivity index (χ3v) is 6.18. The van der Waals surface area contributed by atoms with Crippen LogP contribution in [-0.2, 0) is 35.0 Å². The van der Waals surface area contributed by atoms with Gasteiger partial charge in [-0.05, 0) is 45.4 Å². The van der Waals surface area contributed by atoms with Crippen LogP contribution in [-0.4, -0.2) is 71.0 Å². The Balaban J connectivity index is 1.41. The van der Waals surface area contributed by atoms with E-state index >= 15 is 0 Å². The van der Waals surface area contributed by atoms with E-state index in [1.807, 2.05) is 52.0 Å². The number of nitrogens with zero attached hydrogens (tertiary/aromatic N) is 2. The molecule has 1 aromatic heterocycles. The molecule has 3 aliphatic rings. The first kappa shape index (κ1) is 23.3. The smallest absolute Gasteiger partial charge is 0.419 e. The molecule has 0 amide bonds. The van der Waals surface area contributed by atoms with Gasteiger partial charge < -0.3 is 33.2 Å². The lowest BCUT2D eigenvalue weighted by molar-refractivity contribution is -0.190. The van der Waals surface area contributed by atoms with Crippen molar-refractivity contribution in [3.8, 4) is 5.75 Å². The van der Waals surface area contributed by atoms with Gasteiger partial charge in [-0.1, -0.05) is 12.1 Å². The number of carbonyl (C=O) groups is 1. The molecule has 10 nitrogen and oxygen atoms in total. The maximum Gasteiger partial charge on any atom is 0.419 e. The Kier molecular flexibility index (Phi) is 5.89. The van der Waals surface area contributed by atoms with Crippen molar-refractivity contribution in [1.82, 2.24) is 9.55 Å². The molecule has 0 radical (unpaired) electrons. The molecule has 0 spiro atoms. The van der Waals surface area contributed by atoms with E-state index in [1.165, 1.54) is 23.3 Å². The average molecular weight is 475 g/mol. The highest BCUT2D eigenvalue weighted by atomic mass is 16.8. The van der Waals surface area contributed by atoms with E-state index in [2.05, 4.69) is 4.98 Å². The topological polar surface area (TPSA) is 99.5 Å². The van der Waals surface area contributed by atoms with E-state index in [0.29, 0.717) is 6.61 Å². The quantitative estimate of drug-likeness (QED) is 0.648. The lowest BCUT2D eigenvalue weighted by atomic mass is 9.84. The Morgan fingerprint density at radius 2 is 1.50 bits per heavy atom. The summed E-state index contributed by atoms with van der Waals surface area (Å²) >= 11 is 0. The van der Waals surface area contributed by atoms with E-state index in [1.54, 1.807) is 7.11 Å². The van der Waals surface area contributed by atoms with Gasteiger partial charge in [0.2, 0.25) is 0 Å². The van der Waals surface area contributed by atoms with Gasteiger partial charge in [-0.25, -0.2) is 14.3 Å². The molecule has 10 heteroatoms. The number of fused-ring (bicyclic) bond motifs is 2. The average Bonchev–Trinajstić information content (AvgIpc) is 3.50. The zero-order valence-electron chi connectivity index (χ0n) is 19.9. The number of benzene rings is 1. The third kappa shape index (κ3) is 4.44. The molecule has 6 atom stereocenters. The number of ether oxygens (including phenoxy) is 7. The summed E-state index contributed by atoms with van der Waals surface area (Å²) in [6.07, 6.45) is 0.258. The standard InChI is InChI=1S/C24H30N2O8/c1-23(2)31-18-16(29-12-14-6-8-15(28-5)9-7-14)19-21(34-24(3,4)32-19)17(20(18)33-23)30-22(27)26-11-10-25-13-26/h6-11,13,16-21H,12H2,1-5H3/t16-,17-,18-,19-,20-,21+/m0/s1. The zero-order chi connectivity index (χ0) is 24.1. The number of hydrogen-bond donors (Lipinski definition) is 0. The molecule has 0 N–H and O–H groups in total. The first-order valence-corrected chi connectivity index (χ1v) is 11.3. The zero-order valence-corrected chi connectivity index (χ0v) is 19.9. The fraction of sp³-hybridized carbons (Fsp3) is 0.583. The van der Waals surface area contributed by atoms with Gasteiger partial charge in [0, 0.05) is 12.4 Å². The Bertz CT molecular complexity index is 974. The SMILES string of the molecule is COc1ccc(CO[C@@H]2[C@@H]3OC(C)(C)O[C@@H]3[C@@H](OC(=O)n3ccnc3)[C@@H]3OC(C)(C)O[C@@H]23)cc1. The predicted octanol–water partition coefficient (Wildman–Crippen LogP) is 2.88. The van der Waals surface area contributed by atoms with Gasteiger partial charge >= 0.3 is 6.09 Å². The minimum atomic E-state index is -0.898. The van der Waals surface area contributed by atoms with Crippen LogP contribution < -0.4 is 4.74 Å². The van der Waals surface area contributed by atoms with Crippen LogP contribution in [0.25, 0.3) is 0 Å². The lowest BCUT2D eigenvalue weighted by Crippen LogP contribution is -2.63. The summed E-state index contributed by atoms with van der Waals surface area (Å²) < 4.78 is 43.7. The van der Waals surface area contributed by atoms with Crippen LogP contribution in [0.3, 0.4) is 0 Å². The van der Waals surface area contributed by atoms with Gasteiger partial charge in [-0.2, -0.15) is 0 Å². The minimum Gasteiger partial charge on any atom is -0.497 e. The molecule has 1 aromatic carbocycles. The van der Waals surface area contributed by atoms with Crippen molar-refractivity contribution in [2.45, 2.75) is 82.5 Å². The number of aromatic nitrogens is 2. The largest absolute Gasteiger partial charge is 0.497 e.